The first-order valence-electron chi connectivity index (χ1n) is 11.7. The summed E-state index contributed by atoms with van der Waals surface area (Å²) in [6, 6.07) is 15.7. The smallest absolute Gasteiger partial charge is 0.319 e. The molecule has 2 aromatic carbocycles. The third kappa shape index (κ3) is 8.39. The highest BCUT2D eigenvalue weighted by atomic mass is 32.2. The van der Waals surface area contributed by atoms with Crippen LogP contribution in [0.1, 0.15) is 30.7 Å². The number of sulfonamides is 1. The molecule has 3 aromatic rings. The molecule has 4 N–H and O–H groups in total. The first-order chi connectivity index (χ1) is 17.1. The van der Waals surface area contributed by atoms with Gasteiger partial charge in [0.1, 0.15) is 6.04 Å². The van der Waals surface area contributed by atoms with Gasteiger partial charge in [-0.15, -0.1) is 11.3 Å². The highest BCUT2D eigenvalue weighted by molar-refractivity contribution is 7.92. The van der Waals surface area contributed by atoms with E-state index in [1.54, 1.807) is 59.9 Å². The number of hydrogen-bond donors (Lipinski definition) is 4. The van der Waals surface area contributed by atoms with Gasteiger partial charge in [-0.1, -0.05) is 37.6 Å². The van der Waals surface area contributed by atoms with E-state index in [-0.39, 0.29) is 16.7 Å². The lowest BCUT2D eigenvalue weighted by Gasteiger charge is -2.20. The van der Waals surface area contributed by atoms with Gasteiger partial charge in [-0.2, -0.15) is 0 Å². The molecule has 10 heteroatoms. The molecular formula is C26H32N4O4S2. The Morgan fingerprint density at radius 3 is 2.22 bits per heavy atom. The van der Waals surface area contributed by atoms with Crippen molar-refractivity contribution in [2.24, 2.45) is 5.92 Å². The lowest BCUT2D eigenvalue weighted by atomic mass is 10.0. The predicted octanol–water partition coefficient (Wildman–Crippen LogP) is 4.75. The van der Waals surface area contributed by atoms with Gasteiger partial charge in [0.05, 0.1) is 4.90 Å². The van der Waals surface area contributed by atoms with Crippen LogP contribution in [0.5, 0.6) is 0 Å². The molecule has 0 unspecified atom stereocenters. The summed E-state index contributed by atoms with van der Waals surface area (Å²) in [5.74, 6) is -0.0181. The molecule has 8 nitrogen and oxygen atoms in total. The zero-order chi connectivity index (χ0) is 26.1. The molecule has 0 aliphatic carbocycles. The number of thiophene rings is 1. The van der Waals surface area contributed by atoms with Gasteiger partial charge in [-0.3, -0.25) is 9.52 Å². The van der Waals surface area contributed by atoms with Gasteiger partial charge in [-0.05, 0) is 73.5 Å². The Hall–Kier alpha value is -3.37. The van der Waals surface area contributed by atoms with E-state index in [0.29, 0.717) is 24.3 Å². The van der Waals surface area contributed by atoms with E-state index in [4.69, 9.17) is 0 Å². The number of carbonyl (C=O) groups excluding carboxylic acids is 2. The Balaban J connectivity index is 1.54. The fourth-order valence-electron chi connectivity index (χ4n) is 3.47. The Morgan fingerprint density at radius 1 is 0.944 bits per heavy atom. The van der Waals surface area contributed by atoms with E-state index in [2.05, 4.69) is 20.7 Å². The molecule has 192 valence electrons. The third-order valence-corrected chi connectivity index (χ3v) is 7.64. The molecule has 3 rings (SSSR count). The average molecular weight is 529 g/mol. The predicted molar refractivity (Wildman–Crippen MR) is 145 cm³/mol. The summed E-state index contributed by atoms with van der Waals surface area (Å²) in [6.45, 7) is 6.36. The van der Waals surface area contributed by atoms with Gasteiger partial charge in [-0.25, -0.2) is 13.2 Å². The molecule has 0 fully saturated rings. The van der Waals surface area contributed by atoms with E-state index < -0.39 is 22.1 Å². The minimum absolute atomic E-state index is 0.166. The SMILES string of the molecule is Cc1ccc(S(=O)(=O)Nc2ccc(NC(=O)N[C@H](CC(C)C)C(=O)NCCc3cccs3)cc2)cc1. The van der Waals surface area contributed by atoms with Crippen molar-refractivity contribution in [3.63, 3.8) is 0 Å². The summed E-state index contributed by atoms with van der Waals surface area (Å²) in [5.41, 5.74) is 1.80. The number of nitrogens with one attached hydrogen (secondary N) is 4. The number of benzene rings is 2. The van der Waals surface area contributed by atoms with Crippen LogP contribution in [0.2, 0.25) is 0 Å². The van der Waals surface area contributed by atoms with Gasteiger partial charge >= 0.3 is 6.03 Å². The van der Waals surface area contributed by atoms with Crippen LogP contribution in [0.25, 0.3) is 0 Å². The van der Waals surface area contributed by atoms with Gasteiger partial charge in [0.2, 0.25) is 5.91 Å². The number of amides is 3. The number of urea groups is 1. The maximum Gasteiger partial charge on any atom is 0.319 e. The standard InChI is InChI=1S/C26H32N4O4S2/c1-18(2)17-24(25(31)27-15-14-22-5-4-16-35-22)29-26(32)28-20-8-10-21(11-9-20)30-36(33,34)23-12-6-19(3)7-13-23/h4-13,16,18,24,30H,14-15,17H2,1-3H3,(H,27,31)(H2,28,29,32)/t24-/m1/s1. The fraction of sp³-hybridized carbons (Fsp3) is 0.308. The number of anilines is 2. The van der Waals surface area contributed by atoms with Crippen molar-refractivity contribution in [2.45, 2.75) is 44.6 Å². The van der Waals surface area contributed by atoms with E-state index in [1.807, 2.05) is 38.3 Å². The Morgan fingerprint density at radius 2 is 1.61 bits per heavy atom. The van der Waals surface area contributed by atoms with Crippen molar-refractivity contribution in [3.05, 3.63) is 76.5 Å². The average Bonchev–Trinajstić information content (AvgIpc) is 3.33. The largest absolute Gasteiger partial charge is 0.354 e. The van der Waals surface area contributed by atoms with Gasteiger partial charge < -0.3 is 16.0 Å². The zero-order valence-corrected chi connectivity index (χ0v) is 22.2. The minimum Gasteiger partial charge on any atom is -0.354 e. The van der Waals surface area contributed by atoms with Crippen molar-refractivity contribution in [3.8, 4) is 0 Å². The molecular weight excluding hydrogens is 496 g/mol. The van der Waals surface area contributed by atoms with Gasteiger partial charge in [0.25, 0.3) is 10.0 Å². The molecule has 1 aromatic heterocycles. The van der Waals surface area contributed by atoms with Crippen LogP contribution in [0, 0.1) is 12.8 Å². The molecule has 0 bridgehead atoms. The molecule has 36 heavy (non-hydrogen) atoms. The summed E-state index contributed by atoms with van der Waals surface area (Å²) in [5, 5.41) is 10.3. The summed E-state index contributed by atoms with van der Waals surface area (Å²) >= 11 is 1.64. The molecule has 0 saturated heterocycles. The van der Waals surface area contributed by atoms with Crippen LogP contribution in [-0.2, 0) is 21.2 Å². The van der Waals surface area contributed by atoms with E-state index in [9.17, 15) is 18.0 Å². The van der Waals surface area contributed by atoms with E-state index in [0.717, 1.165) is 12.0 Å². The van der Waals surface area contributed by atoms with Crippen LogP contribution in [0.3, 0.4) is 0 Å². The van der Waals surface area contributed by atoms with Crippen molar-refractivity contribution in [1.82, 2.24) is 10.6 Å². The van der Waals surface area contributed by atoms with Crippen LogP contribution in [-0.4, -0.2) is 32.9 Å². The first kappa shape index (κ1) is 27.2. The number of aryl methyl sites for hydroxylation is 1. The second-order valence-corrected chi connectivity index (χ2v) is 11.6. The topological polar surface area (TPSA) is 116 Å². The monoisotopic (exact) mass is 528 g/mol. The van der Waals surface area contributed by atoms with Crippen LogP contribution in [0.15, 0.2) is 70.9 Å². The number of hydrogen-bond acceptors (Lipinski definition) is 5. The Kier molecular flexibility index (Phi) is 9.49. The van der Waals surface area contributed by atoms with Crippen molar-refractivity contribution in [1.29, 1.82) is 0 Å². The van der Waals surface area contributed by atoms with Crippen LogP contribution < -0.4 is 20.7 Å². The Bertz CT molecular complexity index is 1240. The first-order valence-corrected chi connectivity index (χ1v) is 14.1. The lowest BCUT2D eigenvalue weighted by molar-refractivity contribution is -0.123. The molecule has 0 aliphatic heterocycles. The molecule has 3 amide bonds. The summed E-state index contributed by atoms with van der Waals surface area (Å²) in [7, 11) is -3.72. The molecule has 0 aliphatic rings. The quantitative estimate of drug-likeness (QED) is 0.287. The summed E-state index contributed by atoms with van der Waals surface area (Å²) < 4.78 is 27.6. The normalized spacial score (nSPS) is 12.1. The van der Waals surface area contributed by atoms with Crippen molar-refractivity contribution >= 4 is 44.7 Å². The molecule has 0 radical (unpaired) electrons. The zero-order valence-electron chi connectivity index (χ0n) is 20.6. The minimum atomic E-state index is -3.72. The molecule has 1 heterocycles. The van der Waals surface area contributed by atoms with Gasteiger partial charge in [0.15, 0.2) is 0 Å². The number of carbonyl (C=O) groups is 2. The van der Waals surface area contributed by atoms with Crippen LogP contribution >= 0.6 is 11.3 Å². The molecule has 1 atom stereocenters. The second-order valence-electron chi connectivity index (χ2n) is 8.90. The van der Waals surface area contributed by atoms with Crippen molar-refractivity contribution in [2.75, 3.05) is 16.6 Å². The summed E-state index contributed by atoms with van der Waals surface area (Å²) in [4.78, 5) is 26.6. The Labute approximate surface area is 216 Å². The highest BCUT2D eigenvalue weighted by Gasteiger charge is 2.22. The highest BCUT2D eigenvalue weighted by Crippen LogP contribution is 2.19. The lowest BCUT2D eigenvalue weighted by Crippen LogP contribution is -2.49. The van der Waals surface area contributed by atoms with E-state index in [1.165, 1.54) is 4.88 Å². The number of rotatable bonds is 11. The maximum atomic E-state index is 12.7. The van der Waals surface area contributed by atoms with Crippen molar-refractivity contribution < 1.29 is 18.0 Å². The molecule has 0 spiro atoms. The maximum absolute atomic E-state index is 12.7. The third-order valence-electron chi connectivity index (χ3n) is 5.31. The van der Waals surface area contributed by atoms with Crippen LogP contribution in [0.4, 0.5) is 16.2 Å². The molecule has 0 saturated carbocycles. The second kappa shape index (κ2) is 12.5. The summed E-state index contributed by atoms with van der Waals surface area (Å²) in [6.07, 6.45) is 1.24. The van der Waals surface area contributed by atoms with Gasteiger partial charge in [0, 0.05) is 22.8 Å². The van der Waals surface area contributed by atoms with E-state index >= 15 is 0 Å². The fourth-order valence-corrected chi connectivity index (χ4v) is 5.24.